The van der Waals surface area contributed by atoms with E-state index in [1.54, 1.807) is 19.1 Å². The number of aliphatic hydroxyl groups is 1. The Balaban J connectivity index is 2.36. The zero-order valence-electron chi connectivity index (χ0n) is 11.8. The number of aliphatic carboxylic acids is 1. The minimum Gasteiger partial charge on any atom is -0.481 e. The zero-order chi connectivity index (χ0) is 15.1. The molecular weight excluding hydrogens is 260 g/mol. The average Bonchev–Trinajstić information content (AvgIpc) is 2.23. The van der Waals surface area contributed by atoms with Crippen LogP contribution in [0.4, 0.5) is 0 Å². The molecule has 108 valence electrons. The van der Waals surface area contributed by atoms with E-state index in [-0.39, 0.29) is 24.6 Å². The number of hydrogen-bond donors (Lipinski definition) is 2. The van der Waals surface area contributed by atoms with Gasteiger partial charge < -0.3 is 14.9 Å². The number of allylic oxidation sites excluding steroid dienone is 1. The highest BCUT2D eigenvalue weighted by Gasteiger charge is 2.46. The average molecular weight is 278 g/mol. The quantitative estimate of drug-likeness (QED) is 0.819. The van der Waals surface area contributed by atoms with Gasteiger partial charge in [0.25, 0.3) is 0 Å². The summed E-state index contributed by atoms with van der Waals surface area (Å²) in [5.41, 5.74) is -0.819. The van der Waals surface area contributed by atoms with Gasteiger partial charge in [0.2, 0.25) is 5.76 Å². The maximum atomic E-state index is 11.6. The van der Waals surface area contributed by atoms with Crippen molar-refractivity contribution in [1.29, 1.82) is 0 Å². The SMILES string of the molecule is CC1=CC(=O)CC(C)(C)C1(O)C=CC1=C(C(=O)O)OC1. The Kier molecular flexibility index (Phi) is 3.34. The minimum atomic E-state index is -1.27. The Morgan fingerprint density at radius 3 is 2.55 bits per heavy atom. The van der Waals surface area contributed by atoms with Crippen molar-refractivity contribution in [3.63, 3.8) is 0 Å². The molecule has 2 N–H and O–H groups in total. The molecule has 1 heterocycles. The fourth-order valence-electron chi connectivity index (χ4n) is 2.64. The van der Waals surface area contributed by atoms with Crippen LogP contribution < -0.4 is 0 Å². The summed E-state index contributed by atoms with van der Waals surface area (Å²) in [6.45, 7) is 5.55. The summed E-state index contributed by atoms with van der Waals surface area (Å²) >= 11 is 0. The van der Waals surface area contributed by atoms with Crippen LogP contribution in [0.1, 0.15) is 27.2 Å². The van der Waals surface area contributed by atoms with Gasteiger partial charge in [-0.05, 0) is 24.6 Å². The molecule has 0 aromatic rings. The number of carbonyl (C=O) groups excluding carboxylic acids is 1. The number of carbonyl (C=O) groups is 2. The molecule has 1 aliphatic carbocycles. The summed E-state index contributed by atoms with van der Waals surface area (Å²) in [5.74, 6) is -1.22. The lowest BCUT2D eigenvalue weighted by molar-refractivity contribution is -0.137. The van der Waals surface area contributed by atoms with Crippen molar-refractivity contribution in [2.24, 2.45) is 5.41 Å². The molecule has 0 radical (unpaired) electrons. The van der Waals surface area contributed by atoms with Gasteiger partial charge in [-0.2, -0.15) is 0 Å². The maximum absolute atomic E-state index is 11.6. The minimum absolute atomic E-state index is 0.0111. The van der Waals surface area contributed by atoms with Crippen molar-refractivity contribution < 1.29 is 24.5 Å². The Morgan fingerprint density at radius 2 is 2.10 bits per heavy atom. The van der Waals surface area contributed by atoms with E-state index in [0.29, 0.717) is 11.1 Å². The second-order valence-electron chi connectivity index (χ2n) is 5.90. The van der Waals surface area contributed by atoms with Crippen molar-refractivity contribution in [3.05, 3.63) is 35.1 Å². The van der Waals surface area contributed by atoms with Crippen LogP contribution in [0.3, 0.4) is 0 Å². The molecule has 20 heavy (non-hydrogen) atoms. The first-order chi connectivity index (χ1) is 9.17. The smallest absolute Gasteiger partial charge is 0.371 e. The molecule has 0 aromatic heterocycles. The Morgan fingerprint density at radius 1 is 1.45 bits per heavy atom. The van der Waals surface area contributed by atoms with Gasteiger partial charge in [-0.3, -0.25) is 4.79 Å². The first-order valence-electron chi connectivity index (χ1n) is 6.40. The van der Waals surface area contributed by atoms with E-state index in [1.165, 1.54) is 6.08 Å². The number of ketones is 1. The molecule has 0 fully saturated rings. The van der Waals surface area contributed by atoms with E-state index < -0.39 is 17.0 Å². The topological polar surface area (TPSA) is 83.8 Å². The van der Waals surface area contributed by atoms with E-state index in [4.69, 9.17) is 9.84 Å². The van der Waals surface area contributed by atoms with Crippen molar-refractivity contribution in [3.8, 4) is 0 Å². The first kappa shape index (κ1) is 14.5. The van der Waals surface area contributed by atoms with Crippen LogP contribution in [-0.4, -0.2) is 34.2 Å². The molecular formula is C15H18O5. The summed E-state index contributed by atoms with van der Waals surface area (Å²) < 4.78 is 4.85. The number of hydrogen-bond acceptors (Lipinski definition) is 4. The van der Waals surface area contributed by atoms with Gasteiger partial charge in [-0.25, -0.2) is 4.79 Å². The standard InChI is InChI=1S/C15H18O5/c1-9-6-11(16)7-14(2,3)15(9,19)5-4-10-8-20-12(10)13(17)18/h4-6,19H,7-8H2,1-3H3,(H,17,18). The molecule has 5 nitrogen and oxygen atoms in total. The molecule has 0 spiro atoms. The van der Waals surface area contributed by atoms with Crippen molar-refractivity contribution in [2.45, 2.75) is 32.8 Å². The third-order valence-electron chi connectivity index (χ3n) is 4.01. The van der Waals surface area contributed by atoms with Crippen LogP contribution in [0.25, 0.3) is 0 Å². The van der Waals surface area contributed by atoms with Crippen molar-refractivity contribution in [2.75, 3.05) is 6.61 Å². The normalized spacial score (nSPS) is 29.0. The highest BCUT2D eigenvalue weighted by Crippen LogP contribution is 2.44. The molecule has 2 aliphatic rings. The molecule has 1 aliphatic heterocycles. The van der Waals surface area contributed by atoms with Gasteiger partial charge in [-0.15, -0.1) is 0 Å². The van der Waals surface area contributed by atoms with Crippen molar-refractivity contribution >= 4 is 11.8 Å². The number of carboxylic acid groups (broad SMARTS) is 1. The number of ether oxygens (including phenoxy) is 1. The fourth-order valence-corrected chi connectivity index (χ4v) is 2.64. The largest absolute Gasteiger partial charge is 0.481 e. The van der Waals surface area contributed by atoms with E-state index in [9.17, 15) is 14.7 Å². The van der Waals surface area contributed by atoms with E-state index in [1.807, 2.05) is 13.8 Å². The second-order valence-corrected chi connectivity index (χ2v) is 5.90. The Hall–Kier alpha value is -1.88. The van der Waals surface area contributed by atoms with Gasteiger partial charge in [0, 0.05) is 17.4 Å². The zero-order valence-corrected chi connectivity index (χ0v) is 11.8. The summed E-state index contributed by atoms with van der Waals surface area (Å²) in [6.07, 6.45) is 4.82. The van der Waals surface area contributed by atoms with E-state index >= 15 is 0 Å². The molecule has 0 saturated heterocycles. The first-order valence-corrected chi connectivity index (χ1v) is 6.40. The summed E-state index contributed by atoms with van der Waals surface area (Å²) in [6, 6.07) is 0. The highest BCUT2D eigenvalue weighted by atomic mass is 16.5. The summed E-state index contributed by atoms with van der Waals surface area (Å²) in [7, 11) is 0. The van der Waals surface area contributed by atoms with Crippen LogP contribution in [0.15, 0.2) is 35.1 Å². The lowest BCUT2D eigenvalue weighted by atomic mass is 9.64. The third kappa shape index (κ3) is 2.18. The summed E-state index contributed by atoms with van der Waals surface area (Å²) in [4.78, 5) is 22.4. The van der Waals surface area contributed by atoms with Crippen LogP contribution in [0, 0.1) is 5.41 Å². The Bertz CT molecular complexity index is 565. The molecule has 1 atom stereocenters. The maximum Gasteiger partial charge on any atom is 0.371 e. The van der Waals surface area contributed by atoms with E-state index in [2.05, 4.69) is 0 Å². The van der Waals surface area contributed by atoms with Gasteiger partial charge >= 0.3 is 5.97 Å². The summed E-state index contributed by atoms with van der Waals surface area (Å²) in [5, 5.41) is 19.7. The molecule has 0 amide bonds. The van der Waals surface area contributed by atoms with Crippen LogP contribution in [0.5, 0.6) is 0 Å². The molecule has 0 saturated carbocycles. The second kappa shape index (κ2) is 4.59. The van der Waals surface area contributed by atoms with Crippen LogP contribution >= 0.6 is 0 Å². The molecule has 0 bridgehead atoms. The van der Waals surface area contributed by atoms with Crippen LogP contribution in [0.2, 0.25) is 0 Å². The lowest BCUT2D eigenvalue weighted by Gasteiger charge is -2.44. The predicted octanol–water partition coefficient (Wildman–Crippen LogP) is 1.59. The molecule has 1 unspecified atom stereocenters. The molecule has 5 heteroatoms. The number of rotatable bonds is 3. The predicted molar refractivity (Wildman–Crippen MR) is 71.9 cm³/mol. The van der Waals surface area contributed by atoms with Crippen LogP contribution in [-0.2, 0) is 14.3 Å². The van der Waals surface area contributed by atoms with Gasteiger partial charge in [0.05, 0.1) is 0 Å². The third-order valence-corrected chi connectivity index (χ3v) is 4.01. The fraction of sp³-hybridized carbons (Fsp3) is 0.467. The van der Waals surface area contributed by atoms with Crippen molar-refractivity contribution in [1.82, 2.24) is 0 Å². The van der Waals surface area contributed by atoms with Gasteiger partial charge in [-0.1, -0.05) is 19.9 Å². The number of carboxylic acids is 1. The lowest BCUT2D eigenvalue weighted by Crippen LogP contribution is -2.48. The highest BCUT2D eigenvalue weighted by molar-refractivity contribution is 5.93. The van der Waals surface area contributed by atoms with Gasteiger partial charge in [0.15, 0.2) is 5.78 Å². The Labute approximate surface area is 117 Å². The monoisotopic (exact) mass is 278 g/mol. The molecule has 2 rings (SSSR count). The molecule has 0 aromatic carbocycles. The van der Waals surface area contributed by atoms with Gasteiger partial charge in [0.1, 0.15) is 12.2 Å². The van der Waals surface area contributed by atoms with E-state index in [0.717, 1.165) is 0 Å².